The van der Waals surface area contributed by atoms with E-state index < -0.39 is 18.6 Å². The number of nitrogens with two attached hydrogens (primary N) is 1. The van der Waals surface area contributed by atoms with E-state index in [4.69, 9.17) is 5.73 Å². The van der Waals surface area contributed by atoms with Crippen LogP contribution in [0.4, 0.5) is 24.5 Å². The van der Waals surface area contributed by atoms with E-state index >= 15 is 0 Å². The fraction of sp³-hybridized carbons (Fsp3) is 0.455. The molecule has 0 fully saturated rings. The summed E-state index contributed by atoms with van der Waals surface area (Å²) in [5.74, 6) is 0. The number of rotatable bonds is 3. The van der Waals surface area contributed by atoms with Gasteiger partial charge in [0.1, 0.15) is 0 Å². The van der Waals surface area contributed by atoms with Crippen molar-refractivity contribution >= 4 is 11.4 Å². The van der Waals surface area contributed by atoms with Crippen molar-refractivity contribution in [1.82, 2.24) is 0 Å². The molecule has 2 nitrogen and oxygen atoms in total. The van der Waals surface area contributed by atoms with E-state index in [2.05, 4.69) is 5.32 Å². The number of anilines is 2. The molecule has 0 aliphatic heterocycles. The maximum absolute atomic E-state index is 12.1. The van der Waals surface area contributed by atoms with Crippen LogP contribution in [0.15, 0.2) is 18.2 Å². The minimum Gasteiger partial charge on any atom is -0.397 e. The van der Waals surface area contributed by atoms with Crippen molar-refractivity contribution in [2.45, 2.75) is 32.5 Å². The minimum absolute atomic E-state index is 0.497. The molecule has 0 aromatic heterocycles. The van der Waals surface area contributed by atoms with E-state index in [9.17, 15) is 13.2 Å². The monoisotopic (exact) mass is 232 g/mol. The highest BCUT2D eigenvalue weighted by molar-refractivity contribution is 5.69. The van der Waals surface area contributed by atoms with Gasteiger partial charge in [-0.15, -0.1) is 0 Å². The smallest absolute Gasteiger partial charge is 0.391 e. The van der Waals surface area contributed by atoms with Gasteiger partial charge in [0.15, 0.2) is 0 Å². The SMILES string of the molecule is Cc1cccc(NC(C)CC(F)(F)F)c1N. The van der Waals surface area contributed by atoms with Crippen LogP contribution in [0.2, 0.25) is 0 Å². The molecular formula is C11H15F3N2. The molecule has 0 heterocycles. The molecule has 3 N–H and O–H groups in total. The molecule has 0 bridgehead atoms. The summed E-state index contributed by atoms with van der Waals surface area (Å²) in [6.45, 7) is 3.30. The fourth-order valence-electron chi connectivity index (χ4n) is 1.47. The van der Waals surface area contributed by atoms with E-state index in [1.807, 2.05) is 13.0 Å². The molecule has 1 unspecified atom stereocenters. The molecule has 0 saturated heterocycles. The van der Waals surface area contributed by atoms with E-state index in [1.165, 1.54) is 6.92 Å². The number of para-hydroxylation sites is 1. The molecule has 5 heteroatoms. The molecule has 16 heavy (non-hydrogen) atoms. The van der Waals surface area contributed by atoms with Gasteiger partial charge in [0, 0.05) is 6.04 Å². The van der Waals surface area contributed by atoms with Crippen molar-refractivity contribution in [3.63, 3.8) is 0 Å². The summed E-state index contributed by atoms with van der Waals surface area (Å²) in [5.41, 5.74) is 7.65. The van der Waals surface area contributed by atoms with Gasteiger partial charge in [-0.1, -0.05) is 12.1 Å². The summed E-state index contributed by atoms with van der Waals surface area (Å²) >= 11 is 0. The minimum atomic E-state index is -4.16. The molecule has 90 valence electrons. The van der Waals surface area contributed by atoms with Crippen molar-refractivity contribution in [3.05, 3.63) is 23.8 Å². The molecule has 0 radical (unpaired) electrons. The highest BCUT2D eigenvalue weighted by Gasteiger charge is 2.30. The zero-order valence-corrected chi connectivity index (χ0v) is 9.23. The highest BCUT2D eigenvalue weighted by Crippen LogP contribution is 2.26. The maximum Gasteiger partial charge on any atom is 0.391 e. The molecule has 1 aromatic carbocycles. The Labute approximate surface area is 92.6 Å². The topological polar surface area (TPSA) is 38.0 Å². The van der Waals surface area contributed by atoms with E-state index in [1.54, 1.807) is 12.1 Å². The second-order valence-electron chi connectivity index (χ2n) is 3.90. The summed E-state index contributed by atoms with van der Waals surface area (Å²) < 4.78 is 36.4. The zero-order chi connectivity index (χ0) is 12.3. The lowest BCUT2D eigenvalue weighted by Crippen LogP contribution is -2.24. The number of halogens is 3. The first-order chi connectivity index (χ1) is 7.29. The molecule has 0 saturated carbocycles. The quantitative estimate of drug-likeness (QED) is 0.784. The Balaban J connectivity index is 2.70. The first-order valence-electron chi connectivity index (χ1n) is 4.98. The number of nitrogens with one attached hydrogen (secondary N) is 1. The highest BCUT2D eigenvalue weighted by atomic mass is 19.4. The lowest BCUT2D eigenvalue weighted by atomic mass is 10.1. The Morgan fingerprint density at radius 2 is 2.00 bits per heavy atom. The van der Waals surface area contributed by atoms with Gasteiger partial charge in [-0.2, -0.15) is 13.2 Å². The average Bonchev–Trinajstić information content (AvgIpc) is 2.09. The molecule has 1 aromatic rings. The van der Waals surface area contributed by atoms with E-state index in [-0.39, 0.29) is 0 Å². The van der Waals surface area contributed by atoms with Crippen LogP contribution < -0.4 is 11.1 Å². The van der Waals surface area contributed by atoms with Crippen molar-refractivity contribution in [2.75, 3.05) is 11.1 Å². The van der Waals surface area contributed by atoms with Crippen LogP contribution in [0.3, 0.4) is 0 Å². The van der Waals surface area contributed by atoms with Crippen molar-refractivity contribution < 1.29 is 13.2 Å². The summed E-state index contributed by atoms with van der Waals surface area (Å²) in [7, 11) is 0. The van der Waals surface area contributed by atoms with Gasteiger partial charge in [-0.25, -0.2) is 0 Å². The van der Waals surface area contributed by atoms with Gasteiger partial charge in [0.25, 0.3) is 0 Å². The zero-order valence-electron chi connectivity index (χ0n) is 9.23. The molecule has 0 aliphatic rings. The Bertz CT molecular complexity index is 361. The molecule has 1 atom stereocenters. The molecular weight excluding hydrogens is 217 g/mol. The maximum atomic E-state index is 12.1. The van der Waals surface area contributed by atoms with Crippen LogP contribution >= 0.6 is 0 Å². The lowest BCUT2D eigenvalue weighted by Gasteiger charge is -2.18. The number of aryl methyl sites for hydroxylation is 1. The first-order valence-corrected chi connectivity index (χ1v) is 4.98. The standard InChI is InChI=1S/C11H15F3N2/c1-7-4-3-5-9(10(7)15)16-8(2)6-11(12,13)14/h3-5,8,16H,6,15H2,1-2H3. The van der Waals surface area contributed by atoms with Gasteiger partial charge in [0.05, 0.1) is 17.8 Å². The largest absolute Gasteiger partial charge is 0.397 e. The Kier molecular flexibility index (Phi) is 3.67. The van der Waals surface area contributed by atoms with Gasteiger partial charge in [-0.05, 0) is 25.5 Å². The van der Waals surface area contributed by atoms with Crippen LogP contribution in [0.25, 0.3) is 0 Å². The third-order valence-electron chi connectivity index (χ3n) is 2.26. The number of hydrogen-bond donors (Lipinski definition) is 2. The van der Waals surface area contributed by atoms with Gasteiger partial charge >= 0.3 is 6.18 Å². The normalized spacial score (nSPS) is 13.6. The second kappa shape index (κ2) is 4.63. The first kappa shape index (κ1) is 12.7. The Morgan fingerprint density at radius 1 is 1.38 bits per heavy atom. The Hall–Kier alpha value is -1.39. The number of nitrogen functional groups attached to an aromatic ring is 1. The summed E-state index contributed by atoms with van der Waals surface area (Å²) in [6.07, 6.45) is -5.04. The summed E-state index contributed by atoms with van der Waals surface area (Å²) in [4.78, 5) is 0. The van der Waals surface area contributed by atoms with Crippen LogP contribution in [0.1, 0.15) is 18.9 Å². The average molecular weight is 232 g/mol. The van der Waals surface area contributed by atoms with Crippen LogP contribution in [0.5, 0.6) is 0 Å². The third-order valence-corrected chi connectivity index (χ3v) is 2.26. The van der Waals surface area contributed by atoms with E-state index in [0.29, 0.717) is 11.4 Å². The van der Waals surface area contributed by atoms with Gasteiger partial charge in [0.2, 0.25) is 0 Å². The molecule has 0 aliphatic carbocycles. The van der Waals surface area contributed by atoms with Crippen LogP contribution in [-0.4, -0.2) is 12.2 Å². The molecule has 0 spiro atoms. The van der Waals surface area contributed by atoms with Crippen molar-refractivity contribution in [3.8, 4) is 0 Å². The summed E-state index contributed by atoms with van der Waals surface area (Å²) in [5, 5.41) is 2.76. The number of hydrogen-bond acceptors (Lipinski definition) is 2. The predicted octanol–water partition coefficient (Wildman–Crippen LogP) is 3.33. The predicted molar refractivity (Wildman–Crippen MR) is 59.3 cm³/mol. The van der Waals surface area contributed by atoms with Crippen LogP contribution in [-0.2, 0) is 0 Å². The summed E-state index contributed by atoms with van der Waals surface area (Å²) in [6, 6.07) is 4.56. The molecule has 1 rings (SSSR count). The lowest BCUT2D eigenvalue weighted by molar-refractivity contribution is -0.136. The van der Waals surface area contributed by atoms with Crippen molar-refractivity contribution in [2.24, 2.45) is 0 Å². The number of alkyl halides is 3. The number of benzene rings is 1. The van der Waals surface area contributed by atoms with Crippen LogP contribution in [0, 0.1) is 6.92 Å². The third kappa shape index (κ3) is 3.64. The fourth-order valence-corrected chi connectivity index (χ4v) is 1.47. The van der Waals surface area contributed by atoms with Gasteiger partial charge in [-0.3, -0.25) is 0 Å². The van der Waals surface area contributed by atoms with Crippen molar-refractivity contribution in [1.29, 1.82) is 0 Å². The second-order valence-corrected chi connectivity index (χ2v) is 3.90. The van der Waals surface area contributed by atoms with Gasteiger partial charge < -0.3 is 11.1 Å². The van der Waals surface area contributed by atoms with E-state index in [0.717, 1.165) is 5.56 Å². The molecule has 0 amide bonds. The Morgan fingerprint density at radius 3 is 2.56 bits per heavy atom.